The van der Waals surface area contributed by atoms with Gasteiger partial charge in [-0.15, -0.1) is 0 Å². The molecule has 0 saturated heterocycles. The van der Waals surface area contributed by atoms with E-state index in [-0.39, 0.29) is 5.82 Å². The van der Waals surface area contributed by atoms with Crippen molar-refractivity contribution in [1.29, 1.82) is 0 Å². The third-order valence-electron chi connectivity index (χ3n) is 2.17. The summed E-state index contributed by atoms with van der Waals surface area (Å²) in [6, 6.07) is 6.51. The lowest BCUT2D eigenvalue weighted by atomic mass is 10.1. The maximum Gasteiger partial charge on any atom is 0.124 e. The smallest absolute Gasteiger partial charge is 0.124 e. The van der Waals surface area contributed by atoms with Gasteiger partial charge in [-0.05, 0) is 24.6 Å². The van der Waals surface area contributed by atoms with Gasteiger partial charge in [-0.2, -0.15) is 0 Å². The monoisotopic (exact) mass is 221 g/mol. The summed E-state index contributed by atoms with van der Waals surface area (Å²) in [6.07, 6.45) is 8.63. The van der Waals surface area contributed by atoms with Crippen molar-refractivity contribution in [2.45, 2.75) is 16.2 Å². The van der Waals surface area contributed by atoms with Gasteiger partial charge in [-0.1, -0.05) is 42.1 Å². The molecular weight excluding hydrogens is 209 g/mol. The van der Waals surface area contributed by atoms with Gasteiger partial charge in [0.05, 0.1) is 4.87 Å². The Labute approximate surface area is 92.9 Å². The third kappa shape index (κ3) is 2.70. The number of hydrogen-bond acceptors (Lipinski definition) is 2. The molecular formula is C12H12FNS. The largest absolute Gasteiger partial charge is 0.313 e. The molecule has 0 aromatic heterocycles. The fourth-order valence-corrected chi connectivity index (χ4v) is 2.53. The first-order chi connectivity index (χ1) is 7.18. The van der Waals surface area contributed by atoms with E-state index in [1.807, 2.05) is 30.4 Å². The van der Waals surface area contributed by atoms with Crippen molar-refractivity contribution < 1.29 is 4.39 Å². The average Bonchev–Trinajstić information content (AvgIpc) is 2.18. The predicted octanol–water partition coefficient (Wildman–Crippen LogP) is 3.09. The molecule has 0 amide bonds. The Morgan fingerprint density at radius 3 is 2.87 bits per heavy atom. The Hall–Kier alpha value is -1.06. The third-order valence-corrected chi connectivity index (χ3v) is 3.34. The Bertz CT molecular complexity index is 414. The lowest BCUT2D eigenvalue weighted by molar-refractivity contribution is 0.624. The Morgan fingerprint density at radius 1 is 1.33 bits per heavy atom. The molecule has 0 fully saturated rings. The average molecular weight is 221 g/mol. The fourth-order valence-electron chi connectivity index (χ4n) is 1.44. The summed E-state index contributed by atoms with van der Waals surface area (Å²) < 4.78 is 13.0. The zero-order valence-corrected chi connectivity index (χ0v) is 9.01. The Kier molecular flexibility index (Phi) is 2.93. The van der Waals surface area contributed by atoms with Crippen LogP contribution in [0.4, 0.5) is 4.39 Å². The molecule has 1 atom stereocenters. The second-order valence-electron chi connectivity index (χ2n) is 3.51. The number of allylic oxidation sites excluding steroid dienone is 2. The van der Waals surface area contributed by atoms with Crippen LogP contribution in [0, 0.1) is 5.82 Å². The van der Waals surface area contributed by atoms with Gasteiger partial charge >= 0.3 is 0 Å². The molecule has 2 rings (SSSR count). The van der Waals surface area contributed by atoms with E-state index in [2.05, 4.69) is 0 Å². The van der Waals surface area contributed by atoms with E-state index in [9.17, 15) is 4.39 Å². The highest BCUT2D eigenvalue weighted by atomic mass is 32.2. The number of hydrogen-bond donors (Lipinski definition) is 1. The molecule has 1 aliphatic carbocycles. The van der Waals surface area contributed by atoms with Gasteiger partial charge < -0.3 is 5.73 Å². The Balaban J connectivity index is 2.15. The van der Waals surface area contributed by atoms with Crippen molar-refractivity contribution in [3.8, 4) is 0 Å². The van der Waals surface area contributed by atoms with Gasteiger partial charge in [-0.3, -0.25) is 0 Å². The summed E-state index contributed by atoms with van der Waals surface area (Å²) in [6.45, 7) is 0. The van der Waals surface area contributed by atoms with E-state index < -0.39 is 4.87 Å². The lowest BCUT2D eigenvalue weighted by Gasteiger charge is -2.25. The molecule has 2 N–H and O–H groups in total. The van der Waals surface area contributed by atoms with Crippen LogP contribution in [0.3, 0.4) is 0 Å². The van der Waals surface area contributed by atoms with Crippen LogP contribution in [0.15, 0.2) is 53.5 Å². The topological polar surface area (TPSA) is 26.0 Å². The predicted molar refractivity (Wildman–Crippen MR) is 62.1 cm³/mol. The molecule has 0 aliphatic heterocycles. The first-order valence-electron chi connectivity index (χ1n) is 4.76. The molecule has 1 unspecified atom stereocenters. The van der Waals surface area contributed by atoms with Crippen molar-refractivity contribution >= 4 is 11.8 Å². The van der Waals surface area contributed by atoms with E-state index in [0.29, 0.717) is 0 Å². The van der Waals surface area contributed by atoms with Crippen molar-refractivity contribution in [1.82, 2.24) is 0 Å². The summed E-state index contributed by atoms with van der Waals surface area (Å²) in [5.41, 5.74) is 6.14. The number of thioether (sulfide) groups is 1. The van der Waals surface area contributed by atoms with Crippen LogP contribution in [0.25, 0.3) is 0 Å². The molecule has 78 valence electrons. The molecule has 0 saturated carbocycles. The molecule has 3 heteroatoms. The highest BCUT2D eigenvalue weighted by molar-refractivity contribution is 8.00. The Morgan fingerprint density at radius 2 is 2.20 bits per heavy atom. The summed E-state index contributed by atoms with van der Waals surface area (Å²) in [5.74, 6) is -0.223. The van der Waals surface area contributed by atoms with Gasteiger partial charge in [0.15, 0.2) is 0 Å². The molecule has 0 radical (unpaired) electrons. The van der Waals surface area contributed by atoms with E-state index in [0.717, 1.165) is 11.3 Å². The standard InChI is InChI=1S/C12H12FNS/c13-10-5-4-6-11(9-10)15-12(14)7-2-1-3-8-12/h1-7,9H,8,14H2. The molecule has 1 nitrogen and oxygen atoms in total. The van der Waals surface area contributed by atoms with Crippen molar-refractivity contribution in [2.75, 3.05) is 0 Å². The van der Waals surface area contributed by atoms with E-state index in [1.165, 1.54) is 23.9 Å². The van der Waals surface area contributed by atoms with E-state index in [4.69, 9.17) is 5.73 Å². The number of rotatable bonds is 2. The maximum atomic E-state index is 13.0. The highest BCUT2D eigenvalue weighted by Crippen LogP contribution is 2.34. The van der Waals surface area contributed by atoms with Crippen LogP contribution in [-0.4, -0.2) is 4.87 Å². The van der Waals surface area contributed by atoms with Crippen LogP contribution >= 0.6 is 11.8 Å². The summed E-state index contributed by atoms with van der Waals surface area (Å²) in [5, 5.41) is 0. The zero-order valence-electron chi connectivity index (χ0n) is 8.19. The van der Waals surface area contributed by atoms with E-state index in [1.54, 1.807) is 6.07 Å². The molecule has 1 aliphatic rings. The van der Waals surface area contributed by atoms with Gasteiger partial charge in [-0.25, -0.2) is 4.39 Å². The van der Waals surface area contributed by atoms with Gasteiger partial charge in [0.25, 0.3) is 0 Å². The minimum Gasteiger partial charge on any atom is -0.313 e. The minimum absolute atomic E-state index is 0.223. The molecule has 1 aromatic carbocycles. The molecule has 0 bridgehead atoms. The van der Waals surface area contributed by atoms with Crippen LogP contribution in [0.1, 0.15) is 6.42 Å². The van der Waals surface area contributed by atoms with Crippen LogP contribution in [0.5, 0.6) is 0 Å². The molecule has 0 heterocycles. The summed E-state index contributed by atoms with van der Waals surface area (Å²) in [7, 11) is 0. The maximum absolute atomic E-state index is 13.0. The quantitative estimate of drug-likeness (QED) is 0.777. The van der Waals surface area contributed by atoms with Crippen LogP contribution in [-0.2, 0) is 0 Å². The fraction of sp³-hybridized carbons (Fsp3) is 0.167. The van der Waals surface area contributed by atoms with Crippen molar-refractivity contribution in [3.63, 3.8) is 0 Å². The summed E-state index contributed by atoms with van der Waals surface area (Å²) in [4.78, 5) is 0.417. The van der Waals surface area contributed by atoms with Crippen molar-refractivity contribution in [3.05, 3.63) is 54.4 Å². The van der Waals surface area contributed by atoms with Crippen molar-refractivity contribution in [2.24, 2.45) is 5.73 Å². The van der Waals surface area contributed by atoms with Crippen LogP contribution < -0.4 is 5.73 Å². The van der Waals surface area contributed by atoms with Gasteiger partial charge in [0.1, 0.15) is 5.82 Å². The van der Waals surface area contributed by atoms with Gasteiger partial charge in [0.2, 0.25) is 0 Å². The minimum atomic E-state index is -0.442. The second kappa shape index (κ2) is 4.21. The van der Waals surface area contributed by atoms with E-state index >= 15 is 0 Å². The number of nitrogens with two attached hydrogens (primary N) is 1. The molecule has 1 aromatic rings. The normalized spacial score (nSPS) is 24.4. The highest BCUT2D eigenvalue weighted by Gasteiger charge is 2.22. The SMILES string of the molecule is NC1(Sc2cccc(F)c2)C=CC=CC1. The van der Waals surface area contributed by atoms with Crippen LogP contribution in [0.2, 0.25) is 0 Å². The zero-order chi connectivity index (χ0) is 10.7. The number of benzene rings is 1. The molecule has 15 heavy (non-hydrogen) atoms. The lowest BCUT2D eigenvalue weighted by Crippen LogP contribution is -2.33. The van der Waals surface area contributed by atoms with Gasteiger partial charge in [0, 0.05) is 4.90 Å². The second-order valence-corrected chi connectivity index (χ2v) is 4.94. The first-order valence-corrected chi connectivity index (χ1v) is 5.57. The molecule has 0 spiro atoms. The summed E-state index contributed by atoms with van der Waals surface area (Å²) >= 11 is 1.48. The number of halogens is 1. The first kappa shape index (κ1) is 10.5.